The molecule has 1 aliphatic heterocycles. The zero-order chi connectivity index (χ0) is 23.8. The Kier molecular flexibility index (Phi) is 6.50. The van der Waals surface area contributed by atoms with Crippen LogP contribution in [0.5, 0.6) is 0 Å². The van der Waals surface area contributed by atoms with E-state index in [1.807, 2.05) is 0 Å². The molecule has 1 aromatic heterocycles. The minimum Gasteiger partial charge on any atom is -0.302 e. The zero-order valence-corrected chi connectivity index (χ0v) is 18.5. The third kappa shape index (κ3) is 4.92. The number of hydrogen-bond acceptors (Lipinski definition) is 5. The van der Waals surface area contributed by atoms with Gasteiger partial charge in [-0.25, -0.2) is 31.0 Å². The fraction of sp³-hybridized carbons (Fsp3) is 0.238. The molecule has 174 valence electrons. The summed E-state index contributed by atoms with van der Waals surface area (Å²) in [4.78, 5) is 16.5. The van der Waals surface area contributed by atoms with Gasteiger partial charge in [0.05, 0.1) is 10.6 Å². The van der Waals surface area contributed by atoms with Crippen molar-refractivity contribution in [2.24, 2.45) is 5.92 Å². The van der Waals surface area contributed by atoms with Crippen LogP contribution in [0.15, 0.2) is 46.7 Å². The molecule has 0 spiro atoms. The van der Waals surface area contributed by atoms with Crippen molar-refractivity contribution in [1.29, 1.82) is 0 Å². The van der Waals surface area contributed by atoms with Gasteiger partial charge in [0.25, 0.3) is 0 Å². The van der Waals surface area contributed by atoms with E-state index < -0.39 is 39.2 Å². The summed E-state index contributed by atoms with van der Waals surface area (Å²) in [5.74, 6) is -5.18. The SMILES string of the molecule is O=C(Nc1nc(-c2ccc(F)c(F)c2)cs1)C1CCN(S(=O)(=O)c2ccc(F)c(F)c2)CC1. The van der Waals surface area contributed by atoms with Gasteiger partial charge in [-0.2, -0.15) is 4.31 Å². The van der Waals surface area contributed by atoms with Crippen molar-refractivity contribution in [1.82, 2.24) is 9.29 Å². The fourth-order valence-corrected chi connectivity index (χ4v) is 5.68. The molecule has 1 N–H and O–H groups in total. The van der Waals surface area contributed by atoms with Gasteiger partial charge >= 0.3 is 0 Å². The number of sulfonamides is 1. The van der Waals surface area contributed by atoms with Crippen molar-refractivity contribution < 1.29 is 30.8 Å². The number of anilines is 1. The van der Waals surface area contributed by atoms with Crippen LogP contribution in [0.25, 0.3) is 11.3 Å². The molecule has 0 bridgehead atoms. The highest BCUT2D eigenvalue weighted by molar-refractivity contribution is 7.89. The predicted octanol–water partition coefficient (Wildman–Crippen LogP) is 4.41. The molecule has 1 aliphatic rings. The first kappa shape index (κ1) is 23.3. The fourth-order valence-electron chi connectivity index (χ4n) is 3.47. The van der Waals surface area contributed by atoms with Crippen LogP contribution < -0.4 is 5.32 Å². The lowest BCUT2D eigenvalue weighted by Gasteiger charge is -2.30. The standard InChI is InChI=1S/C21H17F4N3O3S2/c22-15-3-1-13(9-17(15)24)19-11-32-21(26-19)27-20(29)12-5-7-28(8-6-12)33(30,31)14-2-4-16(23)18(25)10-14/h1-4,9-12H,5-8H2,(H,26,27,29). The number of hydrogen-bond donors (Lipinski definition) is 1. The van der Waals surface area contributed by atoms with Crippen LogP contribution in [0, 0.1) is 29.2 Å². The summed E-state index contributed by atoms with van der Waals surface area (Å²) in [7, 11) is -4.02. The molecular weight excluding hydrogens is 482 g/mol. The van der Waals surface area contributed by atoms with Crippen molar-refractivity contribution >= 4 is 32.4 Å². The quantitative estimate of drug-likeness (QED) is 0.528. The molecule has 2 heterocycles. The average molecular weight is 500 g/mol. The van der Waals surface area contributed by atoms with Gasteiger partial charge in [0, 0.05) is 30.0 Å². The molecule has 6 nitrogen and oxygen atoms in total. The molecule has 1 saturated heterocycles. The van der Waals surface area contributed by atoms with Crippen molar-refractivity contribution in [3.63, 3.8) is 0 Å². The molecule has 2 aromatic carbocycles. The Morgan fingerprint density at radius 2 is 1.61 bits per heavy atom. The number of benzene rings is 2. The molecule has 33 heavy (non-hydrogen) atoms. The summed E-state index contributed by atoms with van der Waals surface area (Å²) in [6.45, 7) is 0.0782. The van der Waals surface area contributed by atoms with Gasteiger partial charge in [-0.05, 0) is 49.2 Å². The summed E-state index contributed by atoms with van der Waals surface area (Å²) >= 11 is 1.12. The molecule has 1 amide bonds. The van der Waals surface area contributed by atoms with Crippen molar-refractivity contribution in [2.75, 3.05) is 18.4 Å². The maximum atomic E-state index is 13.4. The molecule has 0 atom stereocenters. The number of carbonyl (C=O) groups is 1. The third-order valence-corrected chi connectivity index (χ3v) is 7.96. The molecule has 0 unspecified atom stereocenters. The Morgan fingerprint density at radius 3 is 2.24 bits per heavy atom. The van der Waals surface area contributed by atoms with E-state index in [0.717, 1.165) is 39.9 Å². The Bertz CT molecular complexity index is 1310. The van der Waals surface area contributed by atoms with E-state index in [2.05, 4.69) is 10.3 Å². The van der Waals surface area contributed by atoms with Crippen LogP contribution in [-0.2, 0) is 14.8 Å². The average Bonchev–Trinajstić information content (AvgIpc) is 3.26. The number of thiazole rings is 1. The van der Waals surface area contributed by atoms with Gasteiger partial charge in [0.2, 0.25) is 15.9 Å². The van der Waals surface area contributed by atoms with Crippen LogP contribution in [-0.4, -0.2) is 36.7 Å². The van der Waals surface area contributed by atoms with E-state index in [4.69, 9.17) is 0 Å². The smallest absolute Gasteiger partial charge is 0.243 e. The maximum Gasteiger partial charge on any atom is 0.243 e. The largest absolute Gasteiger partial charge is 0.302 e. The van der Waals surface area contributed by atoms with Crippen LogP contribution in [0.1, 0.15) is 12.8 Å². The van der Waals surface area contributed by atoms with E-state index in [9.17, 15) is 30.8 Å². The molecule has 0 radical (unpaired) electrons. The van der Waals surface area contributed by atoms with E-state index in [1.165, 1.54) is 6.07 Å². The lowest BCUT2D eigenvalue weighted by molar-refractivity contribution is -0.120. The molecule has 1 fully saturated rings. The number of carbonyl (C=O) groups excluding carboxylic acids is 1. The predicted molar refractivity (Wildman–Crippen MR) is 114 cm³/mol. The van der Waals surface area contributed by atoms with Gasteiger partial charge in [0.15, 0.2) is 28.4 Å². The molecule has 4 rings (SSSR count). The number of aromatic nitrogens is 1. The van der Waals surface area contributed by atoms with E-state index in [-0.39, 0.29) is 41.9 Å². The Morgan fingerprint density at radius 1 is 0.970 bits per heavy atom. The van der Waals surface area contributed by atoms with Crippen LogP contribution in [0.4, 0.5) is 22.7 Å². The Labute approximate surface area is 190 Å². The summed E-state index contributed by atoms with van der Waals surface area (Å²) in [5, 5.41) is 4.54. The monoisotopic (exact) mass is 499 g/mol. The van der Waals surface area contributed by atoms with Crippen molar-refractivity contribution in [2.45, 2.75) is 17.7 Å². The topological polar surface area (TPSA) is 79.4 Å². The summed E-state index contributed by atoms with van der Waals surface area (Å²) in [5.41, 5.74) is 0.739. The number of amides is 1. The highest BCUT2D eigenvalue weighted by Gasteiger charge is 2.32. The van der Waals surface area contributed by atoms with Crippen LogP contribution in [0.3, 0.4) is 0 Å². The first-order valence-electron chi connectivity index (χ1n) is 9.82. The lowest BCUT2D eigenvalue weighted by atomic mass is 9.97. The van der Waals surface area contributed by atoms with Gasteiger partial charge in [-0.3, -0.25) is 4.79 Å². The van der Waals surface area contributed by atoms with Gasteiger partial charge in [-0.1, -0.05) is 0 Å². The first-order valence-corrected chi connectivity index (χ1v) is 12.1. The number of nitrogens with one attached hydrogen (secondary N) is 1. The second-order valence-corrected chi connectivity index (χ2v) is 10.2. The number of rotatable bonds is 5. The van der Waals surface area contributed by atoms with Crippen LogP contribution >= 0.6 is 11.3 Å². The summed E-state index contributed by atoms with van der Waals surface area (Å²) in [6.07, 6.45) is 0.465. The minimum atomic E-state index is -4.02. The van der Waals surface area contributed by atoms with E-state index in [1.54, 1.807) is 5.38 Å². The molecule has 12 heteroatoms. The summed E-state index contributed by atoms with van der Waals surface area (Å²) < 4.78 is 79.6. The third-order valence-electron chi connectivity index (χ3n) is 5.30. The first-order chi connectivity index (χ1) is 15.6. The number of nitrogens with zero attached hydrogens (tertiary/aromatic N) is 2. The zero-order valence-electron chi connectivity index (χ0n) is 16.9. The van der Waals surface area contributed by atoms with Gasteiger partial charge in [-0.15, -0.1) is 11.3 Å². The molecule has 0 aliphatic carbocycles. The van der Waals surface area contributed by atoms with E-state index in [0.29, 0.717) is 17.3 Å². The van der Waals surface area contributed by atoms with Crippen LogP contribution in [0.2, 0.25) is 0 Å². The second kappa shape index (κ2) is 9.20. The van der Waals surface area contributed by atoms with Crippen molar-refractivity contribution in [3.05, 3.63) is 65.0 Å². The highest BCUT2D eigenvalue weighted by Crippen LogP contribution is 2.29. The normalized spacial score (nSPS) is 15.5. The molecule has 0 saturated carbocycles. The maximum absolute atomic E-state index is 13.4. The minimum absolute atomic E-state index is 0.0391. The van der Waals surface area contributed by atoms with Gasteiger partial charge < -0.3 is 5.32 Å². The molecular formula is C21H17F4N3O3S2. The van der Waals surface area contributed by atoms with E-state index >= 15 is 0 Å². The second-order valence-electron chi connectivity index (χ2n) is 7.41. The van der Waals surface area contributed by atoms with Gasteiger partial charge in [0.1, 0.15) is 0 Å². The Balaban J connectivity index is 1.37. The lowest BCUT2D eigenvalue weighted by Crippen LogP contribution is -2.41. The van der Waals surface area contributed by atoms with Crippen molar-refractivity contribution in [3.8, 4) is 11.3 Å². The highest BCUT2D eigenvalue weighted by atomic mass is 32.2. The number of piperidine rings is 1. The summed E-state index contributed by atoms with van der Waals surface area (Å²) in [6, 6.07) is 5.77. The molecule has 3 aromatic rings. The number of halogens is 4. The Hall–Kier alpha value is -2.83.